The highest BCUT2D eigenvalue weighted by atomic mass is 16.5. The Labute approximate surface area is 103 Å². The van der Waals surface area contributed by atoms with Crippen molar-refractivity contribution in [2.45, 2.75) is 52.8 Å². The Hall–Kier alpha value is -0.910. The average Bonchev–Trinajstić information content (AvgIpc) is 2.73. The molecule has 1 heterocycles. The van der Waals surface area contributed by atoms with Gasteiger partial charge in [0.25, 0.3) is 0 Å². The van der Waals surface area contributed by atoms with Crippen molar-refractivity contribution in [1.29, 1.82) is 0 Å². The molecule has 1 aromatic heterocycles. The second kappa shape index (κ2) is 6.74. The molecule has 1 unspecified atom stereocenters. The highest BCUT2D eigenvalue weighted by molar-refractivity contribution is 5.14. The number of aromatic nitrogens is 2. The molecule has 1 aromatic rings. The molecule has 0 saturated heterocycles. The number of rotatable bonds is 7. The molecule has 0 spiro atoms. The molecule has 0 radical (unpaired) electrons. The molecule has 3 N–H and O–H groups in total. The highest BCUT2D eigenvalue weighted by Crippen LogP contribution is 2.15. The zero-order valence-corrected chi connectivity index (χ0v) is 11.2. The third kappa shape index (κ3) is 3.80. The minimum Gasteiger partial charge on any atom is -0.377 e. The van der Waals surface area contributed by atoms with E-state index in [1.54, 1.807) is 0 Å². The molecule has 5 nitrogen and oxygen atoms in total. The Kier molecular flexibility index (Phi) is 5.61. The summed E-state index contributed by atoms with van der Waals surface area (Å²) in [4.78, 5) is 0. The maximum absolute atomic E-state index is 5.61. The lowest BCUT2D eigenvalue weighted by molar-refractivity contribution is 0.0594. The molecule has 0 aliphatic heterocycles. The first-order valence-electron chi connectivity index (χ1n) is 6.26. The summed E-state index contributed by atoms with van der Waals surface area (Å²) in [5, 5.41) is 4.51. The van der Waals surface area contributed by atoms with E-state index < -0.39 is 0 Å². The summed E-state index contributed by atoms with van der Waals surface area (Å²) in [6, 6.07) is 2.09. The van der Waals surface area contributed by atoms with Crippen molar-refractivity contribution >= 4 is 0 Å². The van der Waals surface area contributed by atoms with Gasteiger partial charge in [-0.25, -0.2) is 5.43 Å². The van der Waals surface area contributed by atoms with Gasteiger partial charge in [-0.05, 0) is 33.3 Å². The standard InChI is InChI=1S/C12H24N4O/c1-5-10-7-12(16(6-2)15-10)11(14-13)8-17-9(3)4/h7,9,11,14H,5-6,8,13H2,1-4H3. The van der Waals surface area contributed by atoms with Crippen LogP contribution >= 0.6 is 0 Å². The van der Waals surface area contributed by atoms with E-state index in [-0.39, 0.29) is 12.1 Å². The van der Waals surface area contributed by atoms with Crippen LogP contribution in [-0.4, -0.2) is 22.5 Å². The predicted molar refractivity (Wildman–Crippen MR) is 68.4 cm³/mol. The van der Waals surface area contributed by atoms with Gasteiger partial charge in [0, 0.05) is 6.54 Å². The normalized spacial score (nSPS) is 13.3. The van der Waals surface area contributed by atoms with Gasteiger partial charge < -0.3 is 4.74 Å². The lowest BCUT2D eigenvalue weighted by Crippen LogP contribution is -2.33. The molecule has 0 aliphatic rings. The maximum Gasteiger partial charge on any atom is 0.0862 e. The van der Waals surface area contributed by atoms with Crippen LogP contribution in [-0.2, 0) is 17.7 Å². The van der Waals surface area contributed by atoms with Crippen LogP contribution in [0.3, 0.4) is 0 Å². The van der Waals surface area contributed by atoms with E-state index in [1.807, 2.05) is 18.5 Å². The second-order valence-corrected chi connectivity index (χ2v) is 4.33. The molecular weight excluding hydrogens is 216 g/mol. The first-order valence-corrected chi connectivity index (χ1v) is 6.26. The van der Waals surface area contributed by atoms with Crippen LogP contribution in [0.2, 0.25) is 0 Å². The molecule has 0 aliphatic carbocycles. The smallest absolute Gasteiger partial charge is 0.0862 e. The topological polar surface area (TPSA) is 65.1 Å². The fraction of sp³-hybridized carbons (Fsp3) is 0.750. The largest absolute Gasteiger partial charge is 0.377 e. The molecule has 0 aromatic carbocycles. The van der Waals surface area contributed by atoms with E-state index in [1.165, 1.54) is 0 Å². The van der Waals surface area contributed by atoms with E-state index in [0.29, 0.717) is 6.61 Å². The SMILES string of the molecule is CCc1cc(C(COC(C)C)NN)n(CC)n1. The van der Waals surface area contributed by atoms with Crippen molar-refractivity contribution in [3.63, 3.8) is 0 Å². The number of nitrogens with two attached hydrogens (primary N) is 1. The van der Waals surface area contributed by atoms with E-state index in [9.17, 15) is 0 Å². The molecule has 98 valence electrons. The number of hydrogen-bond acceptors (Lipinski definition) is 4. The van der Waals surface area contributed by atoms with Gasteiger partial charge in [0.1, 0.15) is 0 Å². The van der Waals surface area contributed by atoms with Gasteiger partial charge in [0.2, 0.25) is 0 Å². The average molecular weight is 240 g/mol. The molecule has 1 rings (SSSR count). The molecule has 1 atom stereocenters. The molecule has 17 heavy (non-hydrogen) atoms. The van der Waals surface area contributed by atoms with E-state index in [0.717, 1.165) is 24.4 Å². The van der Waals surface area contributed by atoms with E-state index in [2.05, 4.69) is 30.4 Å². The Balaban J connectivity index is 2.82. The molecule has 0 amide bonds. The van der Waals surface area contributed by atoms with Crippen molar-refractivity contribution in [3.05, 3.63) is 17.5 Å². The predicted octanol–water partition coefficient (Wildman–Crippen LogP) is 1.39. The summed E-state index contributed by atoms with van der Waals surface area (Å²) >= 11 is 0. The Morgan fingerprint density at radius 2 is 2.18 bits per heavy atom. The van der Waals surface area contributed by atoms with Crippen molar-refractivity contribution in [3.8, 4) is 0 Å². The van der Waals surface area contributed by atoms with Gasteiger partial charge in [-0.15, -0.1) is 0 Å². The van der Waals surface area contributed by atoms with E-state index >= 15 is 0 Å². The molecule has 0 fully saturated rings. The van der Waals surface area contributed by atoms with Gasteiger partial charge in [-0.1, -0.05) is 6.92 Å². The van der Waals surface area contributed by atoms with Crippen LogP contribution in [0.25, 0.3) is 0 Å². The number of ether oxygens (including phenoxy) is 1. The number of aryl methyl sites for hydroxylation is 2. The summed E-state index contributed by atoms with van der Waals surface area (Å²) in [6.07, 6.45) is 1.14. The van der Waals surface area contributed by atoms with Crippen LogP contribution in [0.1, 0.15) is 45.1 Å². The van der Waals surface area contributed by atoms with Crippen molar-refractivity contribution < 1.29 is 4.74 Å². The molecule has 0 bridgehead atoms. The van der Waals surface area contributed by atoms with Crippen LogP contribution in [0.4, 0.5) is 0 Å². The molecule has 0 saturated carbocycles. The molecule has 5 heteroatoms. The van der Waals surface area contributed by atoms with E-state index in [4.69, 9.17) is 10.6 Å². The third-order valence-corrected chi connectivity index (χ3v) is 2.68. The van der Waals surface area contributed by atoms with Crippen molar-refractivity contribution in [1.82, 2.24) is 15.2 Å². The number of hydrazine groups is 1. The molecular formula is C12H24N4O. The Bertz CT molecular complexity index is 335. The highest BCUT2D eigenvalue weighted by Gasteiger charge is 2.17. The zero-order chi connectivity index (χ0) is 12.8. The van der Waals surface area contributed by atoms with Crippen LogP contribution in [0, 0.1) is 0 Å². The lowest BCUT2D eigenvalue weighted by atomic mass is 10.2. The number of nitrogens with one attached hydrogen (secondary N) is 1. The van der Waals surface area contributed by atoms with Gasteiger partial charge in [-0.3, -0.25) is 10.5 Å². The third-order valence-electron chi connectivity index (χ3n) is 2.68. The zero-order valence-electron chi connectivity index (χ0n) is 11.2. The minimum atomic E-state index is -0.00912. The Morgan fingerprint density at radius 1 is 1.47 bits per heavy atom. The second-order valence-electron chi connectivity index (χ2n) is 4.33. The van der Waals surface area contributed by atoms with Gasteiger partial charge in [0.15, 0.2) is 0 Å². The first-order chi connectivity index (χ1) is 8.12. The fourth-order valence-electron chi connectivity index (χ4n) is 1.70. The number of nitrogens with zero attached hydrogens (tertiary/aromatic N) is 2. The quantitative estimate of drug-likeness (QED) is 0.558. The fourth-order valence-corrected chi connectivity index (χ4v) is 1.70. The van der Waals surface area contributed by atoms with Crippen molar-refractivity contribution in [2.75, 3.05) is 6.61 Å². The monoisotopic (exact) mass is 240 g/mol. The summed E-state index contributed by atoms with van der Waals surface area (Å²) in [5.41, 5.74) is 4.98. The lowest BCUT2D eigenvalue weighted by Gasteiger charge is -2.18. The van der Waals surface area contributed by atoms with Crippen LogP contribution in [0.5, 0.6) is 0 Å². The van der Waals surface area contributed by atoms with Gasteiger partial charge >= 0.3 is 0 Å². The first kappa shape index (κ1) is 14.2. The summed E-state index contributed by atoms with van der Waals surface area (Å²) in [7, 11) is 0. The maximum atomic E-state index is 5.61. The van der Waals surface area contributed by atoms with Crippen LogP contribution < -0.4 is 11.3 Å². The van der Waals surface area contributed by atoms with Crippen molar-refractivity contribution in [2.24, 2.45) is 5.84 Å². The summed E-state index contributed by atoms with van der Waals surface area (Å²) in [6.45, 7) is 9.61. The van der Waals surface area contributed by atoms with Gasteiger partial charge in [-0.2, -0.15) is 5.10 Å². The summed E-state index contributed by atoms with van der Waals surface area (Å²) < 4.78 is 7.59. The Morgan fingerprint density at radius 3 is 2.65 bits per heavy atom. The summed E-state index contributed by atoms with van der Waals surface area (Å²) in [5.74, 6) is 5.59. The van der Waals surface area contributed by atoms with Gasteiger partial charge in [0.05, 0.1) is 30.1 Å². The minimum absolute atomic E-state index is 0.00912. The van der Waals surface area contributed by atoms with Crippen LogP contribution in [0.15, 0.2) is 6.07 Å². The number of hydrogen-bond donors (Lipinski definition) is 2.